The Morgan fingerprint density at radius 1 is 0.950 bits per heavy atom. The summed E-state index contributed by atoms with van der Waals surface area (Å²) in [5.41, 5.74) is 1.94. The first-order valence-electron chi connectivity index (χ1n) is 6.15. The van der Waals surface area contributed by atoms with Crippen LogP contribution in [0.15, 0.2) is 67.3 Å². The van der Waals surface area contributed by atoms with E-state index in [1.165, 1.54) is 0 Å². The van der Waals surface area contributed by atoms with E-state index in [4.69, 9.17) is 0 Å². The Labute approximate surface area is 119 Å². The van der Waals surface area contributed by atoms with Crippen LogP contribution in [-0.4, -0.2) is 8.42 Å². The van der Waals surface area contributed by atoms with Crippen LogP contribution in [0.5, 0.6) is 0 Å². The lowest BCUT2D eigenvalue weighted by Gasteiger charge is -2.13. The number of para-hydroxylation sites is 2. The van der Waals surface area contributed by atoms with Crippen LogP contribution in [0, 0.1) is 0 Å². The molecule has 0 amide bonds. The molecule has 0 atom stereocenters. The Morgan fingerprint density at radius 2 is 1.60 bits per heavy atom. The molecular formula is C15H16N2O2S. The van der Waals surface area contributed by atoms with E-state index >= 15 is 0 Å². The lowest BCUT2D eigenvalue weighted by atomic mass is 10.1. The topological polar surface area (TPSA) is 58.2 Å². The number of benzene rings is 2. The van der Waals surface area contributed by atoms with E-state index in [0.29, 0.717) is 17.8 Å². The molecular weight excluding hydrogens is 272 g/mol. The van der Waals surface area contributed by atoms with Crippen molar-refractivity contribution in [3.63, 3.8) is 0 Å². The first-order valence-corrected chi connectivity index (χ1v) is 7.63. The van der Waals surface area contributed by atoms with Gasteiger partial charge in [-0.1, -0.05) is 42.5 Å². The molecule has 0 bridgehead atoms. The first-order chi connectivity index (χ1) is 9.61. The summed E-state index contributed by atoms with van der Waals surface area (Å²) in [4.78, 5) is 0. The molecule has 0 unspecified atom stereocenters. The number of hydrogen-bond donors (Lipinski definition) is 2. The number of nitrogens with one attached hydrogen (secondary N) is 2. The average Bonchev–Trinajstić information content (AvgIpc) is 2.41. The highest BCUT2D eigenvalue weighted by Gasteiger charge is 2.11. The van der Waals surface area contributed by atoms with Gasteiger partial charge < -0.3 is 0 Å². The Hall–Kier alpha value is -2.27. The number of anilines is 2. The van der Waals surface area contributed by atoms with Gasteiger partial charge in [0.25, 0.3) is 0 Å². The molecule has 0 aliphatic rings. The van der Waals surface area contributed by atoms with Crippen molar-refractivity contribution in [3.05, 3.63) is 72.8 Å². The minimum Gasteiger partial charge on any atom is -0.267 e. The quantitative estimate of drug-likeness (QED) is 0.802. The van der Waals surface area contributed by atoms with Gasteiger partial charge in [0.1, 0.15) is 0 Å². The summed E-state index contributed by atoms with van der Waals surface area (Å²) in [6.07, 6.45) is 2.34. The van der Waals surface area contributed by atoms with Crippen LogP contribution in [0.25, 0.3) is 0 Å². The zero-order valence-electron chi connectivity index (χ0n) is 10.9. The Kier molecular flexibility index (Phi) is 4.42. The van der Waals surface area contributed by atoms with Gasteiger partial charge in [0.15, 0.2) is 0 Å². The van der Waals surface area contributed by atoms with Crippen molar-refractivity contribution in [1.29, 1.82) is 0 Å². The van der Waals surface area contributed by atoms with Crippen LogP contribution >= 0.6 is 0 Å². The highest BCUT2D eigenvalue weighted by atomic mass is 32.2. The zero-order chi connectivity index (χ0) is 14.4. The van der Waals surface area contributed by atoms with E-state index in [0.717, 1.165) is 5.56 Å². The molecule has 2 rings (SSSR count). The van der Waals surface area contributed by atoms with E-state index in [-0.39, 0.29) is 0 Å². The smallest absolute Gasteiger partial charge is 0.267 e. The summed E-state index contributed by atoms with van der Waals surface area (Å²) in [6, 6.07) is 16.0. The van der Waals surface area contributed by atoms with Crippen molar-refractivity contribution in [2.45, 2.75) is 6.42 Å². The molecule has 0 saturated carbocycles. The molecule has 0 saturated heterocycles. The van der Waals surface area contributed by atoms with Crippen LogP contribution in [-0.2, 0) is 16.6 Å². The van der Waals surface area contributed by atoms with Gasteiger partial charge in [0, 0.05) is 0 Å². The van der Waals surface area contributed by atoms with Crippen LogP contribution in [0.1, 0.15) is 5.56 Å². The summed E-state index contributed by atoms with van der Waals surface area (Å²) in [6.45, 7) is 3.67. The predicted molar refractivity (Wildman–Crippen MR) is 83.0 cm³/mol. The molecule has 0 fully saturated rings. The molecule has 0 heterocycles. The van der Waals surface area contributed by atoms with Gasteiger partial charge in [-0.3, -0.25) is 9.44 Å². The van der Waals surface area contributed by atoms with Gasteiger partial charge >= 0.3 is 10.2 Å². The van der Waals surface area contributed by atoms with Crippen molar-refractivity contribution in [3.8, 4) is 0 Å². The van der Waals surface area contributed by atoms with E-state index < -0.39 is 10.2 Å². The fraction of sp³-hybridized carbons (Fsp3) is 0.0667. The molecule has 5 heteroatoms. The molecule has 2 N–H and O–H groups in total. The molecule has 4 nitrogen and oxygen atoms in total. The Balaban J connectivity index is 2.18. The molecule has 0 radical (unpaired) electrons. The van der Waals surface area contributed by atoms with Gasteiger partial charge in [-0.15, -0.1) is 6.58 Å². The maximum atomic E-state index is 12.1. The van der Waals surface area contributed by atoms with Crippen LogP contribution in [0.2, 0.25) is 0 Å². The molecule has 104 valence electrons. The first kappa shape index (κ1) is 14.1. The summed E-state index contributed by atoms with van der Waals surface area (Å²) >= 11 is 0. The van der Waals surface area contributed by atoms with E-state index in [1.807, 2.05) is 18.2 Å². The molecule has 2 aromatic carbocycles. The summed E-state index contributed by atoms with van der Waals surface area (Å²) in [5.74, 6) is 0. The average molecular weight is 288 g/mol. The molecule has 0 spiro atoms. The second-order valence-electron chi connectivity index (χ2n) is 4.22. The normalized spacial score (nSPS) is 10.8. The summed E-state index contributed by atoms with van der Waals surface area (Å²) in [5, 5.41) is 0. The lowest BCUT2D eigenvalue weighted by molar-refractivity contribution is 0.606. The predicted octanol–water partition coefficient (Wildman–Crippen LogP) is 3.18. The van der Waals surface area contributed by atoms with Crippen molar-refractivity contribution >= 4 is 21.6 Å². The zero-order valence-corrected chi connectivity index (χ0v) is 11.7. The second kappa shape index (κ2) is 6.25. The second-order valence-corrected chi connectivity index (χ2v) is 5.64. The number of allylic oxidation sites excluding steroid dienone is 1. The third-order valence-corrected chi connectivity index (χ3v) is 3.65. The maximum absolute atomic E-state index is 12.1. The fourth-order valence-electron chi connectivity index (χ4n) is 1.78. The van der Waals surface area contributed by atoms with Gasteiger partial charge in [-0.2, -0.15) is 8.42 Å². The SMILES string of the molecule is C=CCc1ccccc1NS(=O)(=O)Nc1ccccc1. The van der Waals surface area contributed by atoms with Crippen molar-refractivity contribution < 1.29 is 8.42 Å². The monoisotopic (exact) mass is 288 g/mol. The van der Waals surface area contributed by atoms with Gasteiger partial charge in [-0.05, 0) is 30.2 Å². The fourth-order valence-corrected chi connectivity index (χ4v) is 2.77. The van der Waals surface area contributed by atoms with Gasteiger partial charge in [-0.25, -0.2) is 0 Å². The van der Waals surface area contributed by atoms with Gasteiger partial charge in [0.2, 0.25) is 0 Å². The number of hydrogen-bond acceptors (Lipinski definition) is 2. The molecule has 0 aliphatic heterocycles. The molecule has 2 aromatic rings. The standard InChI is InChI=1S/C15H16N2O2S/c1-2-8-13-9-6-7-12-15(13)17-20(18,19)16-14-10-4-3-5-11-14/h2-7,9-12,16-17H,1,8H2. The van der Waals surface area contributed by atoms with Crippen molar-refractivity contribution in [2.24, 2.45) is 0 Å². The van der Waals surface area contributed by atoms with Crippen LogP contribution in [0.4, 0.5) is 11.4 Å². The third kappa shape index (κ3) is 3.86. The highest BCUT2D eigenvalue weighted by molar-refractivity contribution is 7.94. The summed E-state index contributed by atoms with van der Waals surface area (Å²) < 4.78 is 29.2. The third-order valence-electron chi connectivity index (χ3n) is 2.65. The minimum atomic E-state index is -3.66. The largest absolute Gasteiger partial charge is 0.321 e. The minimum absolute atomic E-state index is 0.515. The van der Waals surface area contributed by atoms with E-state index in [1.54, 1.807) is 42.5 Å². The van der Waals surface area contributed by atoms with Crippen molar-refractivity contribution in [1.82, 2.24) is 0 Å². The van der Waals surface area contributed by atoms with Crippen LogP contribution < -0.4 is 9.44 Å². The van der Waals surface area contributed by atoms with Crippen molar-refractivity contribution in [2.75, 3.05) is 9.44 Å². The maximum Gasteiger partial charge on any atom is 0.321 e. The van der Waals surface area contributed by atoms with Gasteiger partial charge in [0.05, 0.1) is 11.4 Å². The Bertz CT molecular complexity index is 682. The van der Waals surface area contributed by atoms with Crippen LogP contribution in [0.3, 0.4) is 0 Å². The van der Waals surface area contributed by atoms with E-state index in [9.17, 15) is 8.42 Å². The lowest BCUT2D eigenvalue weighted by Crippen LogP contribution is -2.22. The molecule has 0 aliphatic carbocycles. The molecule has 20 heavy (non-hydrogen) atoms. The van der Waals surface area contributed by atoms with E-state index in [2.05, 4.69) is 16.0 Å². The molecule has 0 aromatic heterocycles. The highest BCUT2D eigenvalue weighted by Crippen LogP contribution is 2.18. The Morgan fingerprint density at radius 3 is 2.30 bits per heavy atom. The summed E-state index contributed by atoms with van der Waals surface area (Å²) in [7, 11) is -3.66. The number of rotatable bonds is 6.